The molecule has 4 heteroatoms. The number of unbranched alkanes of at least 4 members (excludes halogenated alkanes) is 10. The fourth-order valence-corrected chi connectivity index (χ4v) is 5.56. The normalized spacial score (nSPS) is 14.4. The number of para-hydroxylation sites is 1. The summed E-state index contributed by atoms with van der Waals surface area (Å²) in [5, 5.41) is 0. The van der Waals surface area contributed by atoms with Crippen LogP contribution in [0, 0.1) is 18.8 Å². The molecule has 4 rings (SSSR count). The van der Waals surface area contributed by atoms with E-state index in [0.717, 1.165) is 48.7 Å². The van der Waals surface area contributed by atoms with Gasteiger partial charge in [-0.25, -0.2) is 0 Å². The van der Waals surface area contributed by atoms with Gasteiger partial charge in [0.25, 0.3) is 0 Å². The predicted molar refractivity (Wildman–Crippen MR) is 187 cm³/mol. The minimum atomic E-state index is -0.107. The molecule has 0 spiro atoms. The van der Waals surface area contributed by atoms with Crippen molar-refractivity contribution in [3.8, 4) is 5.75 Å². The minimum Gasteiger partial charge on any atom is -0.461 e. The summed E-state index contributed by atoms with van der Waals surface area (Å²) >= 11 is 0. The summed E-state index contributed by atoms with van der Waals surface area (Å²) in [4.78, 5) is 23.4. The molecule has 0 radical (unpaired) electrons. The van der Waals surface area contributed by atoms with Crippen molar-refractivity contribution in [1.82, 2.24) is 0 Å². The van der Waals surface area contributed by atoms with Crippen molar-refractivity contribution in [3.63, 3.8) is 0 Å². The second kappa shape index (κ2) is 22.6. The van der Waals surface area contributed by atoms with Gasteiger partial charge >= 0.3 is 11.9 Å². The van der Waals surface area contributed by atoms with Gasteiger partial charge in [0.1, 0.15) is 12.4 Å². The molecule has 0 amide bonds. The Morgan fingerprint density at radius 1 is 0.644 bits per heavy atom. The van der Waals surface area contributed by atoms with Gasteiger partial charge in [0.05, 0.1) is 0 Å². The molecule has 2 aromatic carbocycles. The largest absolute Gasteiger partial charge is 0.461 e. The molecule has 0 atom stereocenters. The molecule has 0 aromatic heterocycles. The van der Waals surface area contributed by atoms with Crippen LogP contribution in [0.1, 0.15) is 146 Å². The van der Waals surface area contributed by atoms with E-state index in [1.165, 1.54) is 95.5 Å². The fraction of sp³-hybridized carbons (Fsp3) is 0.610. The van der Waals surface area contributed by atoms with Crippen molar-refractivity contribution >= 4 is 18.0 Å². The Morgan fingerprint density at radius 2 is 1.13 bits per heavy atom. The van der Waals surface area contributed by atoms with E-state index >= 15 is 0 Å². The Bertz CT molecular complexity index is 1100. The third-order valence-corrected chi connectivity index (χ3v) is 8.81. The van der Waals surface area contributed by atoms with Crippen LogP contribution in [0.5, 0.6) is 5.75 Å². The number of aryl methyl sites for hydroxylation is 1. The highest BCUT2D eigenvalue weighted by Crippen LogP contribution is 2.34. The fourth-order valence-electron chi connectivity index (χ4n) is 5.56. The number of carbonyl (C=O) groups excluding carboxylic acids is 2. The molecule has 4 nitrogen and oxygen atoms in total. The first kappa shape index (κ1) is 36.6. The number of rotatable bonds is 22. The first-order chi connectivity index (χ1) is 22.0. The van der Waals surface area contributed by atoms with Gasteiger partial charge in [-0.15, -0.1) is 0 Å². The summed E-state index contributed by atoms with van der Waals surface area (Å²) in [6.45, 7) is 4.49. The lowest BCUT2D eigenvalue weighted by atomic mass is 10.1. The zero-order valence-electron chi connectivity index (χ0n) is 28.4. The van der Waals surface area contributed by atoms with Crippen LogP contribution in [0.2, 0.25) is 0 Å². The Balaban J connectivity index is 0.000000251. The Labute approximate surface area is 274 Å². The van der Waals surface area contributed by atoms with Gasteiger partial charge in [-0.2, -0.15) is 0 Å². The van der Waals surface area contributed by atoms with Crippen molar-refractivity contribution < 1.29 is 19.1 Å². The molecule has 2 fully saturated rings. The maximum atomic E-state index is 11.8. The smallest absolute Gasteiger partial charge is 0.311 e. The highest BCUT2D eigenvalue weighted by molar-refractivity contribution is 5.72. The molecule has 0 saturated heterocycles. The van der Waals surface area contributed by atoms with Crippen LogP contribution >= 0.6 is 0 Å². The van der Waals surface area contributed by atoms with Crippen LogP contribution in [0.3, 0.4) is 0 Å². The molecule has 2 aliphatic rings. The summed E-state index contributed by atoms with van der Waals surface area (Å²) in [6, 6.07) is 17.7. The molecule has 45 heavy (non-hydrogen) atoms. The Morgan fingerprint density at radius 3 is 1.67 bits per heavy atom. The molecule has 0 heterocycles. The topological polar surface area (TPSA) is 52.6 Å². The summed E-state index contributed by atoms with van der Waals surface area (Å²) in [5.74, 6) is 2.62. The molecule has 0 aliphatic heterocycles. The van der Waals surface area contributed by atoms with E-state index in [9.17, 15) is 9.59 Å². The molecule has 2 saturated carbocycles. The molecule has 2 aliphatic carbocycles. The number of carbonyl (C=O) groups is 2. The molecule has 248 valence electrons. The SMILES string of the molecule is CC(=Cc1ccc(C)cc1)COC(=O)CCCCCCCCC1CC1.O=C(CCCCCCCCC1CC1)Oc1ccccc1. The van der Waals surface area contributed by atoms with E-state index in [1.54, 1.807) is 0 Å². The summed E-state index contributed by atoms with van der Waals surface area (Å²) < 4.78 is 10.6. The van der Waals surface area contributed by atoms with Gasteiger partial charge in [0, 0.05) is 12.8 Å². The first-order valence-corrected chi connectivity index (χ1v) is 18.1. The van der Waals surface area contributed by atoms with E-state index in [0.29, 0.717) is 25.2 Å². The van der Waals surface area contributed by atoms with Crippen LogP contribution in [0.25, 0.3) is 6.08 Å². The molecular weight excluding hydrogens is 556 g/mol. The Kier molecular flexibility index (Phi) is 18.4. The van der Waals surface area contributed by atoms with E-state index in [4.69, 9.17) is 9.47 Å². The number of esters is 2. The number of hydrogen-bond acceptors (Lipinski definition) is 4. The highest BCUT2D eigenvalue weighted by atomic mass is 16.5. The number of hydrogen-bond donors (Lipinski definition) is 0. The lowest BCUT2D eigenvalue weighted by Gasteiger charge is -2.06. The molecule has 0 bridgehead atoms. The molecule has 0 N–H and O–H groups in total. The second-order valence-corrected chi connectivity index (χ2v) is 13.6. The summed E-state index contributed by atoms with van der Waals surface area (Å²) in [7, 11) is 0. The van der Waals surface area contributed by atoms with Crippen molar-refractivity contribution in [2.24, 2.45) is 11.8 Å². The van der Waals surface area contributed by atoms with E-state index in [1.807, 2.05) is 37.3 Å². The van der Waals surface area contributed by atoms with Crippen LogP contribution in [0.15, 0.2) is 60.2 Å². The lowest BCUT2D eigenvalue weighted by molar-refractivity contribution is -0.142. The van der Waals surface area contributed by atoms with Crippen molar-refractivity contribution in [3.05, 3.63) is 71.3 Å². The zero-order valence-corrected chi connectivity index (χ0v) is 28.4. The third-order valence-electron chi connectivity index (χ3n) is 8.81. The molecular formula is C41H60O4. The summed E-state index contributed by atoms with van der Waals surface area (Å²) in [5.41, 5.74) is 3.48. The van der Waals surface area contributed by atoms with Gasteiger partial charge in [-0.05, 0) is 61.8 Å². The minimum absolute atomic E-state index is 0.0645. The maximum Gasteiger partial charge on any atom is 0.311 e. The Hall–Kier alpha value is -2.88. The van der Waals surface area contributed by atoms with Crippen molar-refractivity contribution in [1.29, 1.82) is 0 Å². The molecule has 2 aromatic rings. The van der Waals surface area contributed by atoms with Crippen molar-refractivity contribution in [2.45, 2.75) is 142 Å². The highest BCUT2D eigenvalue weighted by Gasteiger charge is 2.20. The average Bonchev–Trinajstić information content (AvgIpc) is 3.97. The number of benzene rings is 2. The quantitative estimate of drug-likeness (QED) is 0.0750. The predicted octanol–water partition coefficient (Wildman–Crippen LogP) is 11.6. The molecule has 0 unspecified atom stereocenters. The standard InChI is InChI=1S/C23H34O2.C18H26O2/c1-19-11-13-22(14-12-19)17-20(2)18-25-23(24)10-8-6-4-3-5-7-9-21-15-16-21;19-18(20-17-11-7-5-8-12-17)13-9-4-2-1-3-6-10-16-14-15-16/h11-14,17,21H,3-10,15-16,18H2,1-2H3;5,7-8,11-12,16H,1-4,6,9-10,13-15H2. The van der Waals surface area contributed by atoms with Crippen LogP contribution in [-0.2, 0) is 14.3 Å². The van der Waals surface area contributed by atoms with Gasteiger partial charge in [-0.3, -0.25) is 9.59 Å². The van der Waals surface area contributed by atoms with E-state index in [-0.39, 0.29) is 11.9 Å². The average molecular weight is 617 g/mol. The van der Waals surface area contributed by atoms with Gasteiger partial charge in [-0.1, -0.05) is 157 Å². The van der Waals surface area contributed by atoms with E-state index < -0.39 is 0 Å². The van der Waals surface area contributed by atoms with Crippen LogP contribution in [-0.4, -0.2) is 18.5 Å². The van der Waals surface area contributed by atoms with Gasteiger partial charge in [0.15, 0.2) is 0 Å². The van der Waals surface area contributed by atoms with E-state index in [2.05, 4.69) is 37.3 Å². The van der Waals surface area contributed by atoms with Gasteiger partial charge in [0.2, 0.25) is 0 Å². The maximum absolute atomic E-state index is 11.8. The van der Waals surface area contributed by atoms with Crippen LogP contribution < -0.4 is 4.74 Å². The monoisotopic (exact) mass is 616 g/mol. The van der Waals surface area contributed by atoms with Gasteiger partial charge < -0.3 is 9.47 Å². The van der Waals surface area contributed by atoms with Crippen LogP contribution in [0.4, 0.5) is 0 Å². The third kappa shape index (κ3) is 20.0. The van der Waals surface area contributed by atoms with Crippen molar-refractivity contribution in [2.75, 3.05) is 6.61 Å². The lowest BCUT2D eigenvalue weighted by Crippen LogP contribution is -2.07. The second-order valence-electron chi connectivity index (χ2n) is 13.6. The first-order valence-electron chi connectivity index (χ1n) is 18.1. The summed E-state index contributed by atoms with van der Waals surface area (Å²) in [6.07, 6.45) is 26.9. The number of ether oxygens (including phenoxy) is 2. The zero-order chi connectivity index (χ0) is 32.0.